The van der Waals surface area contributed by atoms with Crippen LogP contribution in [0.5, 0.6) is 0 Å². The van der Waals surface area contributed by atoms with Crippen LogP contribution in [0, 0.1) is 0 Å². The standard InChI is InChI=1S/C13H16N2O5S/c1-3-15-8-11(6-12(15)13(16)17)21(18,19)14(2)7-10-4-5-20-9-10/h4-6,8-9H,3,7H2,1-2H3,(H,16,17). The fourth-order valence-corrected chi connectivity index (χ4v) is 3.17. The number of rotatable bonds is 6. The summed E-state index contributed by atoms with van der Waals surface area (Å²) in [7, 11) is -2.32. The summed E-state index contributed by atoms with van der Waals surface area (Å²) >= 11 is 0. The van der Waals surface area contributed by atoms with Crippen molar-refractivity contribution in [2.45, 2.75) is 24.9 Å². The minimum atomic E-state index is -3.75. The molecule has 114 valence electrons. The molecule has 0 saturated heterocycles. The Kier molecular flexibility index (Phi) is 4.19. The van der Waals surface area contributed by atoms with E-state index < -0.39 is 16.0 Å². The summed E-state index contributed by atoms with van der Waals surface area (Å²) in [6, 6.07) is 2.85. The summed E-state index contributed by atoms with van der Waals surface area (Å²) < 4.78 is 32.3. The number of furan rings is 1. The van der Waals surface area contributed by atoms with Crippen LogP contribution >= 0.6 is 0 Å². The molecule has 2 heterocycles. The van der Waals surface area contributed by atoms with E-state index in [9.17, 15) is 13.2 Å². The maximum Gasteiger partial charge on any atom is 0.352 e. The van der Waals surface area contributed by atoms with Gasteiger partial charge < -0.3 is 14.1 Å². The highest BCUT2D eigenvalue weighted by Gasteiger charge is 2.25. The number of aryl methyl sites for hydroxylation is 1. The number of sulfonamides is 1. The van der Waals surface area contributed by atoms with E-state index in [1.807, 2.05) is 0 Å². The number of aromatic nitrogens is 1. The van der Waals surface area contributed by atoms with Gasteiger partial charge in [0, 0.05) is 31.9 Å². The topological polar surface area (TPSA) is 92.8 Å². The molecule has 0 amide bonds. The smallest absolute Gasteiger partial charge is 0.352 e. The molecule has 0 aliphatic rings. The molecular formula is C13H16N2O5S. The Balaban J connectivity index is 2.33. The number of carboxylic acids is 1. The summed E-state index contributed by atoms with van der Waals surface area (Å²) in [5, 5.41) is 9.08. The van der Waals surface area contributed by atoms with Crippen molar-refractivity contribution in [1.82, 2.24) is 8.87 Å². The molecule has 0 radical (unpaired) electrons. The highest BCUT2D eigenvalue weighted by atomic mass is 32.2. The van der Waals surface area contributed by atoms with Crippen LogP contribution in [0.2, 0.25) is 0 Å². The first-order valence-corrected chi connectivity index (χ1v) is 7.71. The average molecular weight is 312 g/mol. The Morgan fingerprint density at radius 2 is 2.19 bits per heavy atom. The van der Waals surface area contributed by atoms with Crippen LogP contribution in [-0.4, -0.2) is 35.4 Å². The lowest BCUT2D eigenvalue weighted by atomic mass is 10.3. The molecule has 21 heavy (non-hydrogen) atoms. The van der Waals surface area contributed by atoms with Gasteiger partial charge in [-0.05, 0) is 19.1 Å². The van der Waals surface area contributed by atoms with Crippen molar-refractivity contribution in [1.29, 1.82) is 0 Å². The molecule has 0 fully saturated rings. The summed E-state index contributed by atoms with van der Waals surface area (Å²) in [6.45, 7) is 2.28. The van der Waals surface area contributed by atoms with Gasteiger partial charge in [-0.25, -0.2) is 13.2 Å². The summed E-state index contributed by atoms with van der Waals surface area (Å²) in [4.78, 5) is 11.1. The Morgan fingerprint density at radius 3 is 2.67 bits per heavy atom. The predicted molar refractivity (Wildman–Crippen MR) is 74.4 cm³/mol. The van der Waals surface area contributed by atoms with E-state index in [0.717, 1.165) is 9.87 Å². The molecule has 0 aliphatic carbocycles. The van der Waals surface area contributed by atoms with Crippen molar-refractivity contribution in [2.75, 3.05) is 7.05 Å². The lowest BCUT2D eigenvalue weighted by molar-refractivity contribution is 0.0685. The van der Waals surface area contributed by atoms with Crippen LogP contribution < -0.4 is 0 Å². The maximum atomic E-state index is 12.5. The van der Waals surface area contributed by atoms with Crippen LogP contribution in [0.25, 0.3) is 0 Å². The Morgan fingerprint density at radius 1 is 1.48 bits per heavy atom. The van der Waals surface area contributed by atoms with Crippen LogP contribution in [0.1, 0.15) is 23.0 Å². The van der Waals surface area contributed by atoms with Gasteiger partial charge in [0.05, 0.1) is 12.5 Å². The largest absolute Gasteiger partial charge is 0.477 e. The number of nitrogens with zero attached hydrogens (tertiary/aromatic N) is 2. The first-order chi connectivity index (χ1) is 9.86. The molecule has 1 N–H and O–H groups in total. The summed E-state index contributed by atoms with van der Waals surface area (Å²) in [5.41, 5.74) is 0.669. The number of hydrogen-bond donors (Lipinski definition) is 1. The number of carboxylic acid groups (broad SMARTS) is 1. The second-order valence-electron chi connectivity index (χ2n) is 4.54. The predicted octanol–water partition coefficient (Wildman–Crippen LogP) is 1.62. The van der Waals surface area contributed by atoms with E-state index in [0.29, 0.717) is 6.54 Å². The third kappa shape index (κ3) is 3.01. The molecule has 0 atom stereocenters. The van der Waals surface area contributed by atoms with E-state index in [4.69, 9.17) is 9.52 Å². The zero-order chi connectivity index (χ0) is 15.6. The van der Waals surface area contributed by atoms with E-state index in [-0.39, 0.29) is 17.1 Å². The number of aromatic carboxylic acids is 1. The van der Waals surface area contributed by atoms with Gasteiger partial charge in [0.2, 0.25) is 10.0 Å². The first kappa shape index (κ1) is 15.3. The van der Waals surface area contributed by atoms with E-state index >= 15 is 0 Å². The molecule has 0 aromatic carbocycles. The molecule has 2 aromatic heterocycles. The molecule has 0 aliphatic heterocycles. The van der Waals surface area contributed by atoms with Crippen molar-refractivity contribution >= 4 is 16.0 Å². The molecule has 2 aromatic rings. The second kappa shape index (κ2) is 5.74. The zero-order valence-corrected chi connectivity index (χ0v) is 12.5. The average Bonchev–Trinajstić information content (AvgIpc) is 3.06. The molecule has 0 bridgehead atoms. The van der Waals surface area contributed by atoms with Crippen LogP contribution in [-0.2, 0) is 23.1 Å². The molecule has 8 heteroatoms. The Hall–Kier alpha value is -2.06. The van der Waals surface area contributed by atoms with Gasteiger partial charge in [-0.15, -0.1) is 0 Å². The summed E-state index contributed by atoms with van der Waals surface area (Å²) in [5.74, 6) is -1.16. The summed E-state index contributed by atoms with van der Waals surface area (Å²) in [6.07, 6.45) is 4.27. The van der Waals surface area contributed by atoms with E-state index in [1.165, 1.54) is 36.4 Å². The van der Waals surface area contributed by atoms with E-state index in [1.54, 1.807) is 13.0 Å². The lowest BCUT2D eigenvalue weighted by Crippen LogP contribution is -2.26. The maximum absolute atomic E-state index is 12.5. The zero-order valence-electron chi connectivity index (χ0n) is 11.7. The van der Waals surface area contributed by atoms with Gasteiger partial charge in [-0.2, -0.15) is 4.31 Å². The van der Waals surface area contributed by atoms with Crippen molar-refractivity contribution in [3.63, 3.8) is 0 Å². The van der Waals surface area contributed by atoms with Crippen LogP contribution in [0.4, 0.5) is 0 Å². The normalized spacial score (nSPS) is 12.0. The van der Waals surface area contributed by atoms with Crippen LogP contribution in [0.3, 0.4) is 0 Å². The molecule has 7 nitrogen and oxygen atoms in total. The lowest BCUT2D eigenvalue weighted by Gasteiger charge is -2.15. The van der Waals surface area contributed by atoms with Crippen molar-refractivity contribution < 1.29 is 22.7 Å². The van der Waals surface area contributed by atoms with Crippen LogP contribution in [0.15, 0.2) is 40.2 Å². The number of hydrogen-bond acceptors (Lipinski definition) is 4. The van der Waals surface area contributed by atoms with Gasteiger partial charge in [-0.3, -0.25) is 0 Å². The molecule has 2 rings (SSSR count). The third-order valence-electron chi connectivity index (χ3n) is 3.12. The molecule has 0 spiro atoms. The second-order valence-corrected chi connectivity index (χ2v) is 6.59. The van der Waals surface area contributed by atoms with Gasteiger partial charge in [0.15, 0.2) is 0 Å². The van der Waals surface area contributed by atoms with Gasteiger partial charge in [-0.1, -0.05) is 0 Å². The molecule has 0 unspecified atom stereocenters. The van der Waals surface area contributed by atoms with Crippen molar-refractivity contribution in [2.24, 2.45) is 0 Å². The fraction of sp³-hybridized carbons (Fsp3) is 0.308. The minimum Gasteiger partial charge on any atom is -0.477 e. The van der Waals surface area contributed by atoms with Gasteiger partial charge >= 0.3 is 5.97 Å². The fourth-order valence-electron chi connectivity index (χ4n) is 1.97. The van der Waals surface area contributed by atoms with Crippen molar-refractivity contribution in [3.05, 3.63) is 42.1 Å². The molecular weight excluding hydrogens is 296 g/mol. The van der Waals surface area contributed by atoms with Crippen molar-refractivity contribution in [3.8, 4) is 0 Å². The van der Waals surface area contributed by atoms with E-state index in [2.05, 4.69) is 0 Å². The van der Waals surface area contributed by atoms with Gasteiger partial charge in [0.25, 0.3) is 0 Å². The highest BCUT2D eigenvalue weighted by molar-refractivity contribution is 7.89. The highest BCUT2D eigenvalue weighted by Crippen LogP contribution is 2.20. The quantitative estimate of drug-likeness (QED) is 0.875. The molecule has 0 saturated carbocycles. The number of carbonyl (C=O) groups is 1. The monoisotopic (exact) mass is 312 g/mol. The first-order valence-electron chi connectivity index (χ1n) is 6.27. The Bertz CT molecular complexity index is 731. The van der Waals surface area contributed by atoms with Gasteiger partial charge in [0.1, 0.15) is 10.6 Å². The minimum absolute atomic E-state index is 0.0345. The Labute approximate surface area is 122 Å². The third-order valence-corrected chi connectivity index (χ3v) is 4.89. The SMILES string of the molecule is CCn1cc(S(=O)(=O)N(C)Cc2ccoc2)cc1C(=O)O.